The predicted molar refractivity (Wildman–Crippen MR) is 104 cm³/mol. The molecule has 0 amide bonds. The van der Waals surface area contributed by atoms with Crippen molar-refractivity contribution in [3.63, 3.8) is 0 Å². The van der Waals surface area contributed by atoms with Crippen LogP contribution in [0.4, 0.5) is 19.0 Å². The summed E-state index contributed by atoms with van der Waals surface area (Å²) in [4.78, 5) is 11.0. The first kappa shape index (κ1) is 21.1. The van der Waals surface area contributed by atoms with Crippen molar-refractivity contribution >= 4 is 27.1 Å². The summed E-state index contributed by atoms with van der Waals surface area (Å²) in [5.74, 6) is -2.45. The van der Waals surface area contributed by atoms with Crippen molar-refractivity contribution in [1.82, 2.24) is 15.0 Å². The molecule has 2 heterocycles. The summed E-state index contributed by atoms with van der Waals surface area (Å²) in [6.07, 6.45) is 1.22. The molecule has 0 saturated carbocycles. The van der Waals surface area contributed by atoms with Crippen LogP contribution in [0, 0.1) is 36.1 Å². The second kappa shape index (κ2) is 7.68. The fourth-order valence-corrected chi connectivity index (χ4v) is 3.88. The fraction of sp³-hybridized carbons (Fsp3) is 0.222. The van der Waals surface area contributed by atoms with Crippen molar-refractivity contribution in [2.24, 2.45) is 0 Å². The van der Waals surface area contributed by atoms with Gasteiger partial charge in [-0.05, 0) is 31.5 Å². The van der Waals surface area contributed by atoms with Crippen LogP contribution < -0.4 is 5.32 Å². The topological polar surface area (TPSA) is 94.5 Å². The zero-order valence-electron chi connectivity index (χ0n) is 15.6. The molecule has 0 aliphatic rings. The van der Waals surface area contributed by atoms with E-state index in [1.807, 2.05) is 0 Å². The molecule has 1 aromatic carbocycles. The van der Waals surface area contributed by atoms with E-state index in [-0.39, 0.29) is 27.4 Å². The SMILES string of the molecule is Cc1nc(N[C@@H](c2ccc(F)c(Cl)c2)c2nc([S@@](C)(=N)=O)c(C)[nH]2)c(F)cc1F. The van der Waals surface area contributed by atoms with Crippen LogP contribution in [-0.2, 0) is 9.73 Å². The van der Waals surface area contributed by atoms with E-state index < -0.39 is 33.2 Å². The highest BCUT2D eigenvalue weighted by Crippen LogP contribution is 2.30. The van der Waals surface area contributed by atoms with Crippen molar-refractivity contribution in [1.29, 1.82) is 4.78 Å². The van der Waals surface area contributed by atoms with Gasteiger partial charge in [-0.1, -0.05) is 17.7 Å². The van der Waals surface area contributed by atoms with Gasteiger partial charge in [0.1, 0.15) is 23.5 Å². The molecule has 6 nitrogen and oxygen atoms in total. The van der Waals surface area contributed by atoms with Gasteiger partial charge in [0.25, 0.3) is 0 Å². The number of H-pyrrole nitrogens is 1. The zero-order valence-corrected chi connectivity index (χ0v) is 17.2. The average Bonchev–Trinajstić information content (AvgIpc) is 3.01. The molecule has 2 aromatic heterocycles. The van der Waals surface area contributed by atoms with E-state index in [1.54, 1.807) is 6.92 Å². The molecule has 0 aliphatic carbocycles. The highest BCUT2D eigenvalue weighted by molar-refractivity contribution is 7.91. The zero-order chi connectivity index (χ0) is 21.5. The van der Waals surface area contributed by atoms with E-state index in [0.717, 1.165) is 6.07 Å². The van der Waals surface area contributed by atoms with E-state index in [9.17, 15) is 17.4 Å². The number of halogens is 4. The lowest BCUT2D eigenvalue weighted by Gasteiger charge is -2.19. The molecular formula is C18H17ClF3N5OS. The Hall–Kier alpha value is -2.59. The monoisotopic (exact) mass is 443 g/mol. The van der Waals surface area contributed by atoms with Crippen molar-refractivity contribution in [3.8, 4) is 0 Å². The number of aryl methyl sites for hydroxylation is 2. The Morgan fingerprint density at radius 3 is 2.41 bits per heavy atom. The minimum Gasteiger partial charge on any atom is -0.354 e. The Kier molecular flexibility index (Phi) is 5.59. The Labute approximate surface area is 170 Å². The van der Waals surface area contributed by atoms with E-state index >= 15 is 0 Å². The molecule has 0 fully saturated rings. The molecule has 0 unspecified atom stereocenters. The first-order valence-corrected chi connectivity index (χ1v) is 10.7. The quantitative estimate of drug-likeness (QED) is 0.531. The Balaban J connectivity index is 2.15. The van der Waals surface area contributed by atoms with Crippen LogP contribution in [-0.4, -0.2) is 25.4 Å². The van der Waals surface area contributed by atoms with Crippen LogP contribution in [0.5, 0.6) is 0 Å². The van der Waals surface area contributed by atoms with Gasteiger partial charge in [-0.25, -0.2) is 32.1 Å². The third-order valence-corrected chi connectivity index (χ3v) is 5.59. The fourth-order valence-electron chi connectivity index (χ4n) is 2.78. The summed E-state index contributed by atoms with van der Waals surface area (Å²) < 4.78 is 61.4. The minimum absolute atomic E-state index is 0.0242. The van der Waals surface area contributed by atoms with Crippen LogP contribution >= 0.6 is 11.6 Å². The maximum atomic E-state index is 14.3. The number of benzene rings is 1. The molecule has 0 aliphatic heterocycles. The molecule has 3 rings (SSSR count). The van der Waals surface area contributed by atoms with E-state index in [2.05, 4.69) is 20.3 Å². The molecule has 2 atom stereocenters. The first-order chi connectivity index (χ1) is 13.5. The van der Waals surface area contributed by atoms with Crippen molar-refractivity contribution < 1.29 is 17.4 Å². The third-order valence-electron chi connectivity index (χ3n) is 4.16. The van der Waals surface area contributed by atoms with Crippen LogP contribution in [0.25, 0.3) is 0 Å². The molecule has 154 valence electrons. The number of anilines is 1. The number of nitrogens with one attached hydrogen (secondary N) is 3. The van der Waals surface area contributed by atoms with Crippen LogP contribution in [0.1, 0.15) is 28.8 Å². The largest absolute Gasteiger partial charge is 0.354 e. The maximum Gasteiger partial charge on any atom is 0.168 e. The highest BCUT2D eigenvalue weighted by atomic mass is 35.5. The van der Waals surface area contributed by atoms with E-state index in [4.69, 9.17) is 16.4 Å². The van der Waals surface area contributed by atoms with Gasteiger partial charge in [0.05, 0.1) is 20.4 Å². The summed E-state index contributed by atoms with van der Waals surface area (Å²) in [5.41, 5.74) is 0.766. The van der Waals surface area contributed by atoms with Crippen molar-refractivity contribution in [3.05, 3.63) is 69.5 Å². The molecule has 0 bridgehead atoms. The Bertz CT molecular complexity index is 1200. The molecular weight excluding hydrogens is 427 g/mol. The van der Waals surface area contributed by atoms with Gasteiger partial charge in [-0.15, -0.1) is 0 Å². The number of hydrogen-bond donors (Lipinski definition) is 3. The third kappa shape index (κ3) is 4.38. The summed E-state index contributed by atoms with van der Waals surface area (Å²) in [7, 11) is -3.13. The van der Waals surface area contributed by atoms with Gasteiger partial charge in [0.15, 0.2) is 16.7 Å². The minimum atomic E-state index is -3.13. The molecule has 11 heteroatoms. The highest BCUT2D eigenvalue weighted by Gasteiger charge is 2.24. The lowest BCUT2D eigenvalue weighted by molar-refractivity contribution is 0.566. The van der Waals surface area contributed by atoms with Crippen molar-refractivity contribution in [2.45, 2.75) is 24.9 Å². The number of imidazole rings is 1. The van der Waals surface area contributed by atoms with Crippen molar-refractivity contribution in [2.75, 3.05) is 11.6 Å². The molecule has 0 saturated heterocycles. The smallest absolute Gasteiger partial charge is 0.168 e. The van der Waals surface area contributed by atoms with Crippen LogP contribution in [0.2, 0.25) is 5.02 Å². The summed E-state index contributed by atoms with van der Waals surface area (Å²) in [6.45, 7) is 2.98. The lowest BCUT2D eigenvalue weighted by atomic mass is 10.1. The Morgan fingerprint density at radius 2 is 1.83 bits per heavy atom. The van der Waals surface area contributed by atoms with Gasteiger partial charge >= 0.3 is 0 Å². The first-order valence-electron chi connectivity index (χ1n) is 8.31. The average molecular weight is 444 g/mol. The number of hydrogen-bond acceptors (Lipinski definition) is 5. The molecule has 0 radical (unpaired) electrons. The molecule has 0 spiro atoms. The summed E-state index contributed by atoms with van der Waals surface area (Å²) in [6, 6.07) is 3.64. The normalized spacial score (nSPS) is 14.4. The van der Waals surface area contributed by atoms with Gasteiger partial charge < -0.3 is 10.3 Å². The van der Waals surface area contributed by atoms with Gasteiger partial charge in [0.2, 0.25) is 0 Å². The van der Waals surface area contributed by atoms with Crippen LogP contribution in [0.15, 0.2) is 29.3 Å². The van der Waals surface area contributed by atoms with E-state index in [1.165, 1.54) is 25.3 Å². The number of rotatable bonds is 5. The number of aromatic amines is 1. The lowest BCUT2D eigenvalue weighted by Crippen LogP contribution is -2.17. The second-order valence-corrected chi connectivity index (χ2v) is 9.01. The number of nitrogens with zero attached hydrogens (tertiary/aromatic N) is 2. The standard InChI is InChI=1S/C18H17ClF3N5OS/c1-8-13(21)7-14(22)16(24-8)26-15(10-4-5-12(20)11(19)6-10)17-25-9(2)18(27-17)29(3,23)28/h4-7,15,23H,1-3H3,(H,24,26)(H,25,27)/t15-,29-/m0/s1. The van der Waals surface area contributed by atoms with Crippen LogP contribution in [0.3, 0.4) is 0 Å². The number of aromatic nitrogens is 3. The van der Waals surface area contributed by atoms with Gasteiger partial charge in [0, 0.05) is 18.0 Å². The summed E-state index contributed by atoms with van der Waals surface area (Å²) >= 11 is 5.89. The summed E-state index contributed by atoms with van der Waals surface area (Å²) in [5, 5.41) is 2.68. The predicted octanol–water partition coefficient (Wildman–Crippen LogP) is 4.73. The number of pyridine rings is 1. The van der Waals surface area contributed by atoms with Gasteiger partial charge in [-0.2, -0.15) is 0 Å². The molecule has 3 N–H and O–H groups in total. The maximum absolute atomic E-state index is 14.3. The molecule has 3 aromatic rings. The van der Waals surface area contributed by atoms with E-state index in [0.29, 0.717) is 17.3 Å². The molecule has 29 heavy (non-hydrogen) atoms. The Morgan fingerprint density at radius 1 is 1.14 bits per heavy atom. The van der Waals surface area contributed by atoms with Gasteiger partial charge in [-0.3, -0.25) is 0 Å². The second-order valence-electron chi connectivity index (χ2n) is 6.53.